The number of carbonyl (C=O) groups excluding carboxylic acids is 3. The number of benzene rings is 1. The van der Waals surface area contributed by atoms with Crippen LogP contribution in [0.1, 0.15) is 55.8 Å². The quantitative estimate of drug-likeness (QED) is 0.294. The molecule has 0 spiro atoms. The molecule has 2 heterocycles. The average Bonchev–Trinajstić information content (AvgIpc) is 3.27. The second kappa shape index (κ2) is 9.35. The Morgan fingerprint density at radius 3 is 2.61 bits per heavy atom. The van der Waals surface area contributed by atoms with Crippen LogP contribution in [-0.2, 0) is 20.9 Å². The van der Waals surface area contributed by atoms with Crippen molar-refractivity contribution >= 4 is 28.6 Å². The van der Waals surface area contributed by atoms with Crippen molar-refractivity contribution in [1.82, 2.24) is 9.88 Å². The molecular weight excluding hydrogens is 356 g/mol. The van der Waals surface area contributed by atoms with E-state index in [1.165, 1.54) is 31.8 Å². The number of aromatic nitrogens is 1. The van der Waals surface area contributed by atoms with Crippen LogP contribution in [-0.4, -0.2) is 28.8 Å². The van der Waals surface area contributed by atoms with Crippen LogP contribution < -0.4 is 5.32 Å². The summed E-state index contributed by atoms with van der Waals surface area (Å²) in [6.45, 7) is 3.00. The second-order valence-electron chi connectivity index (χ2n) is 7.08. The highest BCUT2D eigenvalue weighted by atomic mass is 16.5. The summed E-state index contributed by atoms with van der Waals surface area (Å²) in [5.74, 6) is -1.89. The minimum Gasteiger partial charge on any atom is -0.456 e. The Hall–Kier alpha value is -2.89. The third-order valence-electron chi connectivity index (χ3n) is 4.93. The fourth-order valence-electron chi connectivity index (χ4n) is 3.45. The van der Waals surface area contributed by atoms with Crippen LogP contribution in [0.3, 0.4) is 0 Å². The molecule has 0 saturated carbocycles. The molecule has 3 rings (SSSR count). The van der Waals surface area contributed by atoms with Crippen molar-refractivity contribution in [2.24, 2.45) is 0 Å². The molecule has 1 aromatic heterocycles. The molecule has 1 aliphatic rings. The van der Waals surface area contributed by atoms with Gasteiger partial charge < -0.3 is 14.6 Å². The third-order valence-corrected chi connectivity index (χ3v) is 4.93. The molecule has 0 saturated heterocycles. The van der Waals surface area contributed by atoms with E-state index >= 15 is 0 Å². The molecule has 148 valence electrons. The lowest BCUT2D eigenvalue weighted by molar-refractivity contribution is -0.135. The van der Waals surface area contributed by atoms with Crippen LogP contribution in [0, 0.1) is 0 Å². The van der Waals surface area contributed by atoms with Crippen molar-refractivity contribution in [2.75, 3.05) is 6.61 Å². The summed E-state index contributed by atoms with van der Waals surface area (Å²) in [5.41, 5.74) is 1.63. The van der Waals surface area contributed by atoms with Gasteiger partial charge in [-0.3, -0.25) is 9.59 Å². The highest BCUT2D eigenvalue weighted by Crippen LogP contribution is 2.23. The fraction of sp³-hybridized carbons (Fsp3) is 0.409. The Labute approximate surface area is 164 Å². The first-order valence-electron chi connectivity index (χ1n) is 9.91. The lowest BCUT2D eigenvalue weighted by atomic mass is 10.1. The first-order valence-corrected chi connectivity index (χ1v) is 9.91. The topological polar surface area (TPSA) is 77.4 Å². The van der Waals surface area contributed by atoms with Crippen molar-refractivity contribution in [3.05, 3.63) is 47.8 Å². The highest BCUT2D eigenvalue weighted by Gasteiger charge is 2.24. The van der Waals surface area contributed by atoms with Gasteiger partial charge in [-0.25, -0.2) is 4.79 Å². The molecule has 0 bridgehead atoms. The smallest absolute Gasteiger partial charge is 0.333 e. The van der Waals surface area contributed by atoms with Gasteiger partial charge in [0.2, 0.25) is 0 Å². The molecule has 1 aliphatic heterocycles. The number of amides is 1. The molecule has 1 N–H and O–H groups in total. The number of ketones is 1. The number of esters is 1. The van der Waals surface area contributed by atoms with Crippen LogP contribution >= 0.6 is 0 Å². The van der Waals surface area contributed by atoms with Gasteiger partial charge in [-0.15, -0.1) is 0 Å². The maximum absolute atomic E-state index is 12.7. The Bertz CT molecular complexity index is 910. The van der Waals surface area contributed by atoms with Gasteiger partial charge >= 0.3 is 5.97 Å². The molecule has 6 heteroatoms. The molecule has 0 unspecified atom stereocenters. The highest BCUT2D eigenvalue weighted by molar-refractivity contribution is 6.45. The van der Waals surface area contributed by atoms with Crippen molar-refractivity contribution in [3.63, 3.8) is 0 Å². The monoisotopic (exact) mass is 382 g/mol. The number of nitrogens with zero attached hydrogens (tertiary/aromatic N) is 1. The number of rotatable bonds is 10. The zero-order valence-corrected chi connectivity index (χ0v) is 16.2. The van der Waals surface area contributed by atoms with E-state index in [0.29, 0.717) is 11.3 Å². The van der Waals surface area contributed by atoms with Gasteiger partial charge in [0.1, 0.15) is 6.61 Å². The van der Waals surface area contributed by atoms with Crippen LogP contribution in [0.5, 0.6) is 0 Å². The molecule has 28 heavy (non-hydrogen) atoms. The molecule has 0 aliphatic carbocycles. The summed E-state index contributed by atoms with van der Waals surface area (Å²) in [6, 6.07) is 7.61. The number of cyclic esters (lactones) is 1. The van der Waals surface area contributed by atoms with E-state index in [9.17, 15) is 14.4 Å². The van der Waals surface area contributed by atoms with Gasteiger partial charge in [-0.1, -0.05) is 57.2 Å². The number of ether oxygens (including phenoxy) is 1. The minimum atomic E-state index is -0.757. The Balaban J connectivity index is 1.70. The third kappa shape index (κ3) is 4.68. The van der Waals surface area contributed by atoms with E-state index < -0.39 is 17.7 Å². The second-order valence-corrected chi connectivity index (χ2v) is 7.08. The zero-order chi connectivity index (χ0) is 19.9. The van der Waals surface area contributed by atoms with E-state index in [2.05, 4.69) is 16.8 Å². The summed E-state index contributed by atoms with van der Waals surface area (Å²) in [7, 11) is 0. The summed E-state index contributed by atoms with van der Waals surface area (Å²) < 4.78 is 6.80. The van der Waals surface area contributed by atoms with Crippen LogP contribution in [0.2, 0.25) is 0 Å². The first-order chi connectivity index (χ1) is 13.6. The number of para-hydroxylation sites is 1. The maximum atomic E-state index is 12.7. The average molecular weight is 382 g/mol. The van der Waals surface area contributed by atoms with Crippen molar-refractivity contribution in [3.8, 4) is 0 Å². The van der Waals surface area contributed by atoms with E-state index in [-0.39, 0.29) is 6.61 Å². The summed E-state index contributed by atoms with van der Waals surface area (Å²) >= 11 is 0. The molecule has 1 aromatic carbocycles. The Kier molecular flexibility index (Phi) is 6.63. The van der Waals surface area contributed by atoms with E-state index in [1.54, 1.807) is 6.20 Å². The van der Waals surface area contributed by atoms with Gasteiger partial charge in [0.25, 0.3) is 11.7 Å². The number of carbonyl (C=O) groups is 3. The molecule has 0 atom stereocenters. The minimum absolute atomic E-state index is 0.0162. The lowest BCUT2D eigenvalue weighted by Crippen LogP contribution is -2.31. The molecular formula is C22H26N2O4. The number of unbranched alkanes of at least 4 members (excludes halogenated alkanes) is 5. The molecule has 0 fully saturated rings. The Morgan fingerprint density at radius 2 is 1.86 bits per heavy atom. The molecule has 1 amide bonds. The van der Waals surface area contributed by atoms with Crippen LogP contribution in [0.4, 0.5) is 0 Å². The number of hydrogen-bond donors (Lipinski definition) is 1. The van der Waals surface area contributed by atoms with Crippen molar-refractivity contribution < 1.29 is 19.1 Å². The largest absolute Gasteiger partial charge is 0.456 e. The van der Waals surface area contributed by atoms with Gasteiger partial charge in [-0.2, -0.15) is 0 Å². The lowest BCUT2D eigenvalue weighted by Gasteiger charge is -2.05. The standard InChI is InChI=1S/C22H26N2O4/c1-2-3-4-5-6-9-12-24-14-18(17-10-7-8-11-19(17)24)21(26)22(27)23-16-13-20(25)28-15-16/h7-8,10-11,13-14H,2-6,9,12,15H2,1H3,(H,23,27). The van der Waals surface area contributed by atoms with Gasteiger partial charge in [0, 0.05) is 29.7 Å². The zero-order valence-electron chi connectivity index (χ0n) is 16.2. The molecule has 2 aromatic rings. The van der Waals surface area contributed by atoms with Crippen LogP contribution in [0.25, 0.3) is 10.9 Å². The number of Topliss-reactive ketones (excluding diaryl/α,β-unsaturated/α-hetero) is 1. The summed E-state index contributed by atoms with van der Waals surface area (Å²) in [4.78, 5) is 36.2. The van der Waals surface area contributed by atoms with Crippen molar-refractivity contribution in [2.45, 2.75) is 52.0 Å². The normalized spacial score (nSPS) is 13.5. The number of hydrogen-bond acceptors (Lipinski definition) is 4. The van der Waals surface area contributed by atoms with Crippen molar-refractivity contribution in [1.29, 1.82) is 0 Å². The Morgan fingerprint density at radius 1 is 1.11 bits per heavy atom. The van der Waals surface area contributed by atoms with Gasteiger partial charge in [0.05, 0.1) is 11.3 Å². The van der Waals surface area contributed by atoms with Gasteiger partial charge in [-0.05, 0) is 12.5 Å². The first kappa shape index (κ1) is 19.9. The van der Waals surface area contributed by atoms with Crippen LogP contribution in [0.15, 0.2) is 42.2 Å². The number of aryl methyl sites for hydroxylation is 1. The maximum Gasteiger partial charge on any atom is 0.333 e. The SMILES string of the molecule is CCCCCCCCn1cc(C(=O)C(=O)NC2=CC(=O)OC2)c2ccccc21. The van der Waals surface area contributed by atoms with E-state index in [4.69, 9.17) is 4.74 Å². The van der Waals surface area contributed by atoms with E-state index in [0.717, 1.165) is 30.3 Å². The predicted molar refractivity (Wildman–Crippen MR) is 107 cm³/mol. The summed E-state index contributed by atoms with van der Waals surface area (Å²) in [6.07, 6.45) is 10.1. The number of fused-ring (bicyclic) bond motifs is 1. The predicted octanol–water partition coefficient (Wildman–Crippen LogP) is 3.74. The van der Waals surface area contributed by atoms with Gasteiger partial charge in [0.15, 0.2) is 0 Å². The summed E-state index contributed by atoms with van der Waals surface area (Å²) in [5, 5.41) is 3.24. The van der Waals surface area contributed by atoms with E-state index in [1.807, 2.05) is 24.3 Å². The molecule has 0 radical (unpaired) electrons. The number of nitrogens with one attached hydrogen (secondary N) is 1. The molecule has 6 nitrogen and oxygen atoms in total. The fourth-order valence-corrected chi connectivity index (χ4v) is 3.45.